The molecule has 0 aromatic heterocycles. The van der Waals surface area contributed by atoms with Gasteiger partial charge < -0.3 is 15.2 Å². The Kier molecular flexibility index (Phi) is 4.65. The number of nitrogen functional groups attached to an aromatic ring is 1. The van der Waals surface area contributed by atoms with Crippen LogP contribution >= 0.6 is 11.6 Å². The molecule has 0 aliphatic rings. The van der Waals surface area contributed by atoms with E-state index in [1.807, 2.05) is 0 Å². The van der Waals surface area contributed by atoms with Gasteiger partial charge in [0.05, 0.1) is 23.4 Å². The van der Waals surface area contributed by atoms with Gasteiger partial charge >= 0.3 is 5.97 Å². The van der Waals surface area contributed by atoms with Crippen LogP contribution in [0.5, 0.6) is 5.75 Å². The Hall–Kier alpha value is -2.27. The molecule has 21 heavy (non-hydrogen) atoms. The van der Waals surface area contributed by atoms with Gasteiger partial charge in [0.2, 0.25) is 0 Å². The van der Waals surface area contributed by atoms with Gasteiger partial charge in [-0.1, -0.05) is 17.7 Å². The molecule has 0 saturated carbocycles. The molecule has 0 aliphatic carbocycles. The van der Waals surface area contributed by atoms with Gasteiger partial charge in [0.1, 0.15) is 18.2 Å². The maximum atomic E-state index is 13.6. The lowest BCUT2D eigenvalue weighted by Gasteiger charge is -2.11. The normalized spacial score (nSPS) is 10.2. The van der Waals surface area contributed by atoms with Crippen LogP contribution < -0.4 is 10.5 Å². The van der Waals surface area contributed by atoms with Crippen molar-refractivity contribution in [3.05, 3.63) is 58.4 Å². The molecular formula is C15H13ClFNO3. The lowest BCUT2D eigenvalue weighted by Crippen LogP contribution is -2.05. The summed E-state index contributed by atoms with van der Waals surface area (Å²) in [6, 6.07) is 8.86. The number of rotatable bonds is 4. The Balaban J connectivity index is 2.16. The molecule has 6 heteroatoms. The van der Waals surface area contributed by atoms with Crippen LogP contribution in [0.15, 0.2) is 36.4 Å². The third kappa shape index (κ3) is 3.44. The maximum Gasteiger partial charge on any atom is 0.337 e. The van der Waals surface area contributed by atoms with Gasteiger partial charge in [-0.15, -0.1) is 0 Å². The summed E-state index contributed by atoms with van der Waals surface area (Å²) in [7, 11) is 1.28. The number of carbonyl (C=O) groups excluding carboxylic acids is 1. The summed E-state index contributed by atoms with van der Waals surface area (Å²) in [5.41, 5.74) is 6.61. The first-order valence-electron chi connectivity index (χ1n) is 6.06. The molecule has 0 aliphatic heterocycles. The Labute approximate surface area is 126 Å². The zero-order valence-corrected chi connectivity index (χ0v) is 12.0. The molecule has 0 heterocycles. The largest absolute Gasteiger partial charge is 0.487 e. The predicted molar refractivity (Wildman–Crippen MR) is 77.9 cm³/mol. The van der Waals surface area contributed by atoms with E-state index >= 15 is 0 Å². The van der Waals surface area contributed by atoms with E-state index in [0.29, 0.717) is 11.3 Å². The molecule has 2 aromatic rings. The van der Waals surface area contributed by atoms with E-state index in [-0.39, 0.29) is 22.9 Å². The number of hydrogen-bond donors (Lipinski definition) is 1. The molecule has 0 spiro atoms. The first-order valence-corrected chi connectivity index (χ1v) is 6.44. The minimum Gasteiger partial charge on any atom is -0.487 e. The quantitative estimate of drug-likeness (QED) is 0.694. The summed E-state index contributed by atoms with van der Waals surface area (Å²) in [6.45, 7) is -0.0622. The van der Waals surface area contributed by atoms with E-state index in [9.17, 15) is 9.18 Å². The van der Waals surface area contributed by atoms with Gasteiger partial charge in [-0.05, 0) is 30.3 Å². The standard InChI is InChI=1S/C15H13ClFNO3/c1-20-15(19)9-5-6-14(13(18)7-9)21-8-10-11(16)3-2-4-12(10)17/h2-7H,8,18H2,1H3. The average molecular weight is 310 g/mol. The summed E-state index contributed by atoms with van der Waals surface area (Å²) < 4.78 is 23.7. The fourth-order valence-electron chi connectivity index (χ4n) is 1.74. The van der Waals surface area contributed by atoms with Gasteiger partial charge in [-0.2, -0.15) is 0 Å². The first-order chi connectivity index (χ1) is 10.0. The van der Waals surface area contributed by atoms with E-state index in [1.54, 1.807) is 6.07 Å². The number of benzene rings is 2. The first kappa shape index (κ1) is 15.1. The summed E-state index contributed by atoms with van der Waals surface area (Å²) in [5, 5.41) is 0.278. The van der Waals surface area contributed by atoms with Crippen molar-refractivity contribution < 1.29 is 18.7 Å². The Morgan fingerprint density at radius 1 is 1.33 bits per heavy atom. The molecule has 0 atom stereocenters. The molecule has 0 radical (unpaired) electrons. The van der Waals surface area contributed by atoms with Crippen LogP contribution in [0.25, 0.3) is 0 Å². The van der Waals surface area contributed by atoms with Crippen LogP contribution in [0.2, 0.25) is 5.02 Å². The summed E-state index contributed by atoms with van der Waals surface area (Å²) in [5.74, 6) is -0.611. The number of esters is 1. The van der Waals surface area contributed by atoms with E-state index in [0.717, 1.165) is 0 Å². The van der Waals surface area contributed by atoms with E-state index < -0.39 is 11.8 Å². The lowest BCUT2D eigenvalue weighted by molar-refractivity contribution is 0.0600. The van der Waals surface area contributed by atoms with Gasteiger partial charge in [0.15, 0.2) is 0 Å². The number of hydrogen-bond acceptors (Lipinski definition) is 4. The van der Waals surface area contributed by atoms with Crippen molar-refractivity contribution in [1.82, 2.24) is 0 Å². The Bertz CT molecular complexity index is 656. The minimum absolute atomic E-state index is 0.0622. The molecule has 4 nitrogen and oxygen atoms in total. The molecule has 2 aromatic carbocycles. The fraction of sp³-hybridized carbons (Fsp3) is 0.133. The topological polar surface area (TPSA) is 61.5 Å². The van der Waals surface area contributed by atoms with Crippen LogP contribution in [-0.4, -0.2) is 13.1 Å². The zero-order valence-electron chi connectivity index (χ0n) is 11.2. The van der Waals surface area contributed by atoms with E-state index in [2.05, 4.69) is 4.74 Å². The Morgan fingerprint density at radius 3 is 2.71 bits per heavy atom. The van der Waals surface area contributed by atoms with E-state index in [4.69, 9.17) is 22.1 Å². The fourth-order valence-corrected chi connectivity index (χ4v) is 1.96. The number of anilines is 1. The number of methoxy groups -OCH3 is 1. The highest BCUT2D eigenvalue weighted by molar-refractivity contribution is 6.31. The zero-order chi connectivity index (χ0) is 15.4. The molecule has 2 N–H and O–H groups in total. The summed E-state index contributed by atoms with van der Waals surface area (Å²) >= 11 is 5.91. The molecular weight excluding hydrogens is 297 g/mol. The number of ether oxygens (including phenoxy) is 2. The van der Waals surface area contributed by atoms with Gasteiger partial charge in [0.25, 0.3) is 0 Å². The monoisotopic (exact) mass is 309 g/mol. The second kappa shape index (κ2) is 6.45. The van der Waals surface area contributed by atoms with Crippen LogP contribution in [0.4, 0.5) is 10.1 Å². The third-order valence-electron chi connectivity index (χ3n) is 2.86. The number of halogens is 2. The van der Waals surface area contributed by atoms with E-state index in [1.165, 1.54) is 37.4 Å². The van der Waals surface area contributed by atoms with Gasteiger partial charge in [-0.3, -0.25) is 0 Å². The van der Waals surface area contributed by atoms with Gasteiger partial charge in [0, 0.05) is 5.56 Å². The van der Waals surface area contributed by atoms with Crippen molar-refractivity contribution in [1.29, 1.82) is 0 Å². The average Bonchev–Trinajstić information content (AvgIpc) is 2.47. The highest BCUT2D eigenvalue weighted by Gasteiger charge is 2.11. The van der Waals surface area contributed by atoms with Crippen LogP contribution in [0.3, 0.4) is 0 Å². The summed E-state index contributed by atoms with van der Waals surface area (Å²) in [6.07, 6.45) is 0. The minimum atomic E-state index is -0.495. The smallest absolute Gasteiger partial charge is 0.337 e. The third-order valence-corrected chi connectivity index (χ3v) is 3.22. The van der Waals surface area contributed by atoms with Crippen LogP contribution in [-0.2, 0) is 11.3 Å². The molecule has 0 fully saturated rings. The molecule has 0 saturated heterocycles. The van der Waals surface area contributed by atoms with Crippen molar-refractivity contribution in [2.45, 2.75) is 6.61 Å². The summed E-state index contributed by atoms with van der Waals surface area (Å²) in [4.78, 5) is 11.4. The molecule has 0 unspecified atom stereocenters. The lowest BCUT2D eigenvalue weighted by atomic mass is 10.2. The highest BCUT2D eigenvalue weighted by Crippen LogP contribution is 2.26. The van der Waals surface area contributed by atoms with Crippen molar-refractivity contribution in [3.63, 3.8) is 0 Å². The van der Waals surface area contributed by atoms with Crippen LogP contribution in [0, 0.1) is 5.82 Å². The molecule has 2 rings (SSSR count). The van der Waals surface area contributed by atoms with Crippen molar-refractivity contribution in [3.8, 4) is 5.75 Å². The van der Waals surface area contributed by atoms with Crippen LogP contribution in [0.1, 0.15) is 15.9 Å². The SMILES string of the molecule is COC(=O)c1ccc(OCc2c(F)cccc2Cl)c(N)c1. The molecule has 110 valence electrons. The maximum absolute atomic E-state index is 13.6. The second-order valence-corrected chi connectivity index (χ2v) is 4.64. The molecule has 0 bridgehead atoms. The second-order valence-electron chi connectivity index (χ2n) is 4.23. The van der Waals surface area contributed by atoms with Crippen molar-refractivity contribution in [2.75, 3.05) is 12.8 Å². The molecule has 0 amide bonds. The van der Waals surface area contributed by atoms with Crippen molar-refractivity contribution in [2.24, 2.45) is 0 Å². The predicted octanol–water partition coefficient (Wildman–Crippen LogP) is 3.43. The Morgan fingerprint density at radius 2 is 2.10 bits per heavy atom. The number of nitrogens with two attached hydrogens (primary N) is 1. The highest BCUT2D eigenvalue weighted by atomic mass is 35.5. The van der Waals surface area contributed by atoms with Gasteiger partial charge in [-0.25, -0.2) is 9.18 Å². The van der Waals surface area contributed by atoms with Crippen molar-refractivity contribution >= 4 is 23.3 Å². The number of carbonyl (C=O) groups is 1.